The number of hydrogen-bond donors (Lipinski definition) is 0. The van der Waals surface area contributed by atoms with Gasteiger partial charge in [0.2, 0.25) is 5.88 Å². The number of hydrogen-bond acceptors (Lipinski definition) is 7. The minimum absolute atomic E-state index is 0.0572. The maximum atomic E-state index is 14.7. The number of ether oxygens (including phenoxy) is 2. The number of aromatic nitrogens is 5. The van der Waals surface area contributed by atoms with Crippen molar-refractivity contribution in [2.24, 2.45) is 7.05 Å². The average Bonchev–Trinajstić information content (AvgIpc) is 3.43. The van der Waals surface area contributed by atoms with E-state index in [1.54, 1.807) is 6.07 Å². The summed E-state index contributed by atoms with van der Waals surface area (Å²) in [5.74, 6) is -0.514. The average molecular weight is 573 g/mol. The van der Waals surface area contributed by atoms with Crippen LogP contribution in [0.1, 0.15) is 47.7 Å². The van der Waals surface area contributed by atoms with Gasteiger partial charge in [0, 0.05) is 25.5 Å². The molecule has 1 aliphatic heterocycles. The van der Waals surface area contributed by atoms with E-state index in [0.29, 0.717) is 28.3 Å². The second-order valence-electron chi connectivity index (χ2n) is 9.13. The molecule has 1 aromatic carbocycles. The number of imidazole rings is 1. The Morgan fingerprint density at radius 2 is 1.79 bits per heavy atom. The molecule has 39 heavy (non-hydrogen) atoms. The molecule has 0 aliphatic carbocycles. The summed E-state index contributed by atoms with van der Waals surface area (Å²) >= 11 is 12.2. The molecule has 0 radical (unpaired) electrons. The molecule has 0 bridgehead atoms. The fourth-order valence-corrected chi connectivity index (χ4v) is 5.09. The molecular weight excluding hydrogens is 550 g/mol. The number of nitrogens with zero attached hydrogens (tertiary/aromatic N) is 6. The van der Waals surface area contributed by atoms with E-state index in [1.807, 2.05) is 18.4 Å². The number of anilines is 1. The standard InChI is InChI=1S/C26H23Cl2FN6O4/c1-12(2)34-21-19(31-22(34)15-10-30-26(39-5)32-23(15)38-4)25(37)35(14-9-17(28)24(36)33(3)11-14)20(21)13-6-7-16(27)18(29)8-13/h6-12,20H,1-5H3. The van der Waals surface area contributed by atoms with Crippen LogP contribution in [0.5, 0.6) is 11.9 Å². The van der Waals surface area contributed by atoms with Gasteiger partial charge in [-0.15, -0.1) is 0 Å². The third-order valence-electron chi connectivity index (χ3n) is 6.41. The van der Waals surface area contributed by atoms with Crippen molar-refractivity contribution >= 4 is 34.8 Å². The maximum absolute atomic E-state index is 14.7. The van der Waals surface area contributed by atoms with Crippen LogP contribution >= 0.6 is 23.2 Å². The Morgan fingerprint density at radius 3 is 2.41 bits per heavy atom. The molecule has 10 nitrogen and oxygen atoms in total. The van der Waals surface area contributed by atoms with Crippen LogP contribution in [0.2, 0.25) is 10.0 Å². The van der Waals surface area contributed by atoms with Gasteiger partial charge in [-0.05, 0) is 37.6 Å². The second kappa shape index (κ2) is 9.97. The maximum Gasteiger partial charge on any atom is 0.319 e. The van der Waals surface area contributed by atoms with Crippen molar-refractivity contribution in [3.05, 3.63) is 79.8 Å². The summed E-state index contributed by atoms with van der Waals surface area (Å²) in [6.07, 6.45) is 3.01. The van der Waals surface area contributed by atoms with Gasteiger partial charge in [-0.25, -0.2) is 14.4 Å². The number of aryl methyl sites for hydroxylation is 1. The summed E-state index contributed by atoms with van der Waals surface area (Å²) in [4.78, 5) is 40.9. The minimum Gasteiger partial charge on any atom is -0.480 e. The van der Waals surface area contributed by atoms with E-state index in [1.165, 1.54) is 61.3 Å². The van der Waals surface area contributed by atoms with Crippen LogP contribution in [-0.2, 0) is 7.05 Å². The first-order valence-electron chi connectivity index (χ1n) is 11.8. The first-order chi connectivity index (χ1) is 18.6. The van der Waals surface area contributed by atoms with Gasteiger partial charge < -0.3 is 18.6 Å². The highest BCUT2D eigenvalue weighted by molar-refractivity contribution is 6.31. The molecule has 1 unspecified atom stereocenters. The van der Waals surface area contributed by atoms with Gasteiger partial charge in [0.05, 0.1) is 36.2 Å². The van der Waals surface area contributed by atoms with E-state index in [4.69, 9.17) is 37.7 Å². The predicted molar refractivity (Wildman–Crippen MR) is 143 cm³/mol. The van der Waals surface area contributed by atoms with Crippen molar-refractivity contribution in [1.82, 2.24) is 24.1 Å². The molecule has 0 saturated heterocycles. The zero-order valence-corrected chi connectivity index (χ0v) is 23.1. The summed E-state index contributed by atoms with van der Waals surface area (Å²) in [6.45, 7) is 3.86. The second-order valence-corrected chi connectivity index (χ2v) is 9.94. The zero-order valence-electron chi connectivity index (χ0n) is 21.6. The Bertz CT molecular complexity index is 1660. The number of halogens is 3. The summed E-state index contributed by atoms with van der Waals surface area (Å²) in [6, 6.07) is 4.82. The monoisotopic (exact) mass is 572 g/mol. The lowest BCUT2D eigenvalue weighted by atomic mass is 10.0. The number of fused-ring (bicyclic) bond motifs is 1. The van der Waals surface area contributed by atoms with Gasteiger partial charge in [0.25, 0.3) is 11.5 Å². The van der Waals surface area contributed by atoms with Crippen LogP contribution in [0.25, 0.3) is 11.4 Å². The first-order valence-corrected chi connectivity index (χ1v) is 12.5. The molecule has 1 amide bonds. The van der Waals surface area contributed by atoms with Gasteiger partial charge in [0.1, 0.15) is 22.7 Å². The van der Waals surface area contributed by atoms with E-state index in [0.717, 1.165) is 0 Å². The van der Waals surface area contributed by atoms with Crippen LogP contribution in [0.15, 0.2) is 41.5 Å². The number of pyridine rings is 1. The van der Waals surface area contributed by atoms with Gasteiger partial charge in [-0.2, -0.15) is 4.98 Å². The third kappa shape index (κ3) is 4.31. The summed E-state index contributed by atoms with van der Waals surface area (Å²) < 4.78 is 28.5. The molecule has 4 heterocycles. The van der Waals surface area contributed by atoms with E-state index >= 15 is 0 Å². The molecule has 0 N–H and O–H groups in total. The smallest absolute Gasteiger partial charge is 0.319 e. The molecule has 202 valence electrons. The number of rotatable bonds is 6. The third-order valence-corrected chi connectivity index (χ3v) is 6.99. The van der Waals surface area contributed by atoms with E-state index in [-0.39, 0.29) is 33.7 Å². The molecule has 1 atom stereocenters. The van der Waals surface area contributed by atoms with Crippen LogP contribution in [0, 0.1) is 5.82 Å². The Hall–Kier alpha value is -3.96. The summed E-state index contributed by atoms with van der Waals surface area (Å²) in [7, 11) is 4.42. The van der Waals surface area contributed by atoms with Crippen LogP contribution in [-0.4, -0.2) is 44.2 Å². The fourth-order valence-electron chi connectivity index (χ4n) is 4.73. The first kappa shape index (κ1) is 26.6. The van der Waals surface area contributed by atoms with Crippen molar-refractivity contribution in [3.63, 3.8) is 0 Å². The van der Waals surface area contributed by atoms with E-state index < -0.39 is 23.3 Å². The topological polar surface area (TPSA) is 104 Å². The fraction of sp³-hybridized carbons (Fsp3) is 0.269. The normalized spacial score (nSPS) is 14.7. The van der Waals surface area contributed by atoms with Crippen LogP contribution in [0.3, 0.4) is 0 Å². The molecular formula is C26H23Cl2FN6O4. The van der Waals surface area contributed by atoms with Crippen molar-refractivity contribution in [2.45, 2.75) is 25.9 Å². The molecule has 0 saturated carbocycles. The number of carbonyl (C=O) groups is 1. The number of carbonyl (C=O) groups excluding carboxylic acids is 1. The van der Waals surface area contributed by atoms with Crippen molar-refractivity contribution < 1.29 is 18.7 Å². The van der Waals surface area contributed by atoms with Crippen molar-refractivity contribution in [2.75, 3.05) is 19.1 Å². The van der Waals surface area contributed by atoms with E-state index in [2.05, 4.69) is 9.97 Å². The minimum atomic E-state index is -0.832. The van der Waals surface area contributed by atoms with E-state index in [9.17, 15) is 14.0 Å². The van der Waals surface area contributed by atoms with Gasteiger partial charge in [-0.1, -0.05) is 29.3 Å². The Balaban J connectivity index is 1.80. The van der Waals surface area contributed by atoms with Gasteiger partial charge in [0.15, 0.2) is 5.69 Å². The van der Waals surface area contributed by atoms with Gasteiger partial charge in [-0.3, -0.25) is 14.5 Å². The highest BCUT2D eigenvalue weighted by Crippen LogP contribution is 2.45. The molecule has 13 heteroatoms. The van der Waals surface area contributed by atoms with Crippen molar-refractivity contribution in [1.29, 1.82) is 0 Å². The van der Waals surface area contributed by atoms with Crippen LogP contribution in [0.4, 0.5) is 10.1 Å². The lowest BCUT2D eigenvalue weighted by Gasteiger charge is -2.29. The molecule has 5 rings (SSSR count). The Kier molecular flexibility index (Phi) is 6.81. The lowest BCUT2D eigenvalue weighted by Crippen LogP contribution is -2.32. The molecule has 0 spiro atoms. The predicted octanol–water partition coefficient (Wildman–Crippen LogP) is 4.83. The largest absolute Gasteiger partial charge is 0.480 e. The zero-order chi connectivity index (χ0) is 28.2. The lowest BCUT2D eigenvalue weighted by molar-refractivity contribution is 0.0989. The van der Waals surface area contributed by atoms with Crippen LogP contribution < -0.4 is 19.9 Å². The molecule has 1 aliphatic rings. The Labute approximate surface area is 232 Å². The molecule has 4 aromatic rings. The van der Waals surface area contributed by atoms with Crippen molar-refractivity contribution in [3.8, 4) is 23.3 Å². The number of benzene rings is 1. The highest BCUT2D eigenvalue weighted by atomic mass is 35.5. The summed E-state index contributed by atoms with van der Waals surface area (Å²) in [5.41, 5.74) is 1.45. The van der Waals surface area contributed by atoms with Gasteiger partial charge >= 0.3 is 6.01 Å². The highest BCUT2D eigenvalue weighted by Gasteiger charge is 2.45. The number of methoxy groups -OCH3 is 2. The number of amides is 1. The quantitative estimate of drug-likeness (QED) is 0.326. The Morgan fingerprint density at radius 1 is 1.05 bits per heavy atom. The molecule has 3 aromatic heterocycles. The SMILES string of the molecule is COc1ncc(-c2nc3c(n2C(C)C)C(c2ccc(Cl)c(F)c2)N(c2cc(Cl)c(=O)n(C)c2)C3=O)c(OC)n1. The summed E-state index contributed by atoms with van der Waals surface area (Å²) in [5, 5.41) is -0.126. The molecule has 0 fully saturated rings.